The van der Waals surface area contributed by atoms with Crippen molar-refractivity contribution in [2.45, 2.75) is 124 Å². The fourth-order valence-corrected chi connectivity index (χ4v) is 4.37. The van der Waals surface area contributed by atoms with Gasteiger partial charge in [-0.25, -0.2) is 9.78 Å². The minimum atomic E-state index is -0.781. The molecular formula is C33H58O10. The third-order valence-corrected chi connectivity index (χ3v) is 7.21. The first-order valence-electron chi connectivity index (χ1n) is 16.2. The lowest BCUT2D eigenvalue weighted by molar-refractivity contribution is -0.290. The van der Waals surface area contributed by atoms with E-state index < -0.39 is 29.2 Å². The standard InChI is InChI=1S/C33H58O10/c1-6-9-10-11-12-13-14-15-16-17-22-41-32(37)33(5,8-3)27-28(4)31(36)40-24-23-38-29(34)19-18-20-30(35)39-25-26-43-42-21-7-2/h7,28H,2,6,8-27H2,1,3-5H3. The van der Waals surface area contributed by atoms with E-state index in [9.17, 15) is 19.2 Å². The van der Waals surface area contributed by atoms with Crippen molar-refractivity contribution in [1.82, 2.24) is 0 Å². The quantitative estimate of drug-likeness (QED) is 0.0221. The van der Waals surface area contributed by atoms with Crippen LogP contribution in [0.2, 0.25) is 0 Å². The molecule has 0 heterocycles. The van der Waals surface area contributed by atoms with Crippen LogP contribution in [0.4, 0.5) is 0 Å². The molecule has 0 aromatic rings. The van der Waals surface area contributed by atoms with Crippen LogP contribution in [0.3, 0.4) is 0 Å². The number of rotatable bonds is 29. The molecule has 2 atom stereocenters. The highest BCUT2D eigenvalue weighted by Crippen LogP contribution is 2.32. The molecule has 0 radical (unpaired) electrons. The van der Waals surface area contributed by atoms with E-state index in [1.165, 1.54) is 51.0 Å². The average molecular weight is 615 g/mol. The van der Waals surface area contributed by atoms with E-state index in [2.05, 4.69) is 13.5 Å². The molecule has 0 fully saturated rings. The second-order valence-corrected chi connectivity index (χ2v) is 11.2. The number of hydrogen-bond acceptors (Lipinski definition) is 10. The molecule has 0 bridgehead atoms. The van der Waals surface area contributed by atoms with Crippen LogP contribution in [0.25, 0.3) is 0 Å². The second kappa shape index (κ2) is 27.1. The zero-order valence-electron chi connectivity index (χ0n) is 27.3. The molecule has 0 aliphatic heterocycles. The van der Waals surface area contributed by atoms with Gasteiger partial charge in [-0.15, -0.1) is 6.58 Å². The molecule has 2 unspecified atom stereocenters. The van der Waals surface area contributed by atoms with E-state index >= 15 is 0 Å². The molecule has 43 heavy (non-hydrogen) atoms. The van der Waals surface area contributed by atoms with E-state index in [0.29, 0.717) is 19.4 Å². The van der Waals surface area contributed by atoms with E-state index in [1.54, 1.807) is 6.92 Å². The van der Waals surface area contributed by atoms with E-state index in [4.69, 9.17) is 28.7 Å². The van der Waals surface area contributed by atoms with Crippen LogP contribution in [0.5, 0.6) is 0 Å². The highest BCUT2D eigenvalue weighted by atomic mass is 17.2. The van der Waals surface area contributed by atoms with Crippen molar-refractivity contribution in [3.05, 3.63) is 12.7 Å². The fraction of sp³-hybridized carbons (Fsp3) is 0.818. The number of esters is 4. The van der Waals surface area contributed by atoms with Crippen LogP contribution in [-0.4, -0.2) is 63.5 Å². The maximum Gasteiger partial charge on any atom is 0.311 e. The lowest BCUT2D eigenvalue weighted by atomic mass is 9.79. The Bertz CT molecular complexity index is 769. The maximum atomic E-state index is 12.8. The summed E-state index contributed by atoms with van der Waals surface area (Å²) in [5.74, 6) is -2.21. The first-order valence-corrected chi connectivity index (χ1v) is 16.2. The summed E-state index contributed by atoms with van der Waals surface area (Å²) >= 11 is 0. The first kappa shape index (κ1) is 40.5. The van der Waals surface area contributed by atoms with Crippen LogP contribution in [0.15, 0.2) is 12.7 Å². The smallest absolute Gasteiger partial charge is 0.311 e. The molecule has 0 spiro atoms. The largest absolute Gasteiger partial charge is 0.465 e. The second-order valence-electron chi connectivity index (χ2n) is 11.2. The van der Waals surface area contributed by atoms with Crippen LogP contribution >= 0.6 is 0 Å². The van der Waals surface area contributed by atoms with Gasteiger partial charge < -0.3 is 18.9 Å². The third-order valence-electron chi connectivity index (χ3n) is 7.21. The van der Waals surface area contributed by atoms with Crippen LogP contribution in [0, 0.1) is 11.3 Å². The Hall–Kier alpha value is -2.46. The van der Waals surface area contributed by atoms with Crippen LogP contribution < -0.4 is 0 Å². The Morgan fingerprint density at radius 2 is 1.21 bits per heavy atom. The van der Waals surface area contributed by atoms with Gasteiger partial charge in [-0.3, -0.25) is 19.2 Å². The number of hydrogen-bond donors (Lipinski definition) is 0. The molecule has 10 nitrogen and oxygen atoms in total. The average Bonchev–Trinajstić information content (AvgIpc) is 2.99. The van der Waals surface area contributed by atoms with Gasteiger partial charge in [0.1, 0.15) is 33.0 Å². The molecule has 0 saturated carbocycles. The Kier molecular flexibility index (Phi) is 25.6. The molecule has 0 aliphatic rings. The van der Waals surface area contributed by atoms with Gasteiger partial charge in [0.15, 0.2) is 0 Å². The molecule has 10 heteroatoms. The van der Waals surface area contributed by atoms with E-state index in [0.717, 1.165) is 19.3 Å². The molecule has 0 aromatic carbocycles. The number of carbonyl (C=O) groups is 4. The van der Waals surface area contributed by atoms with E-state index in [1.807, 2.05) is 13.8 Å². The molecule has 0 amide bonds. The van der Waals surface area contributed by atoms with Gasteiger partial charge in [0.25, 0.3) is 0 Å². The summed E-state index contributed by atoms with van der Waals surface area (Å²) in [4.78, 5) is 58.3. The van der Waals surface area contributed by atoms with Gasteiger partial charge in [0.05, 0.1) is 17.9 Å². The SMILES string of the molecule is C=CCOOCCOC(=O)CCCC(=O)OCCOC(=O)C(C)CC(C)(CC)C(=O)OCCCCCCCCCCCC. The minimum absolute atomic E-state index is 0.0362. The molecule has 0 saturated heterocycles. The van der Waals surface area contributed by atoms with Crippen molar-refractivity contribution in [3.8, 4) is 0 Å². The van der Waals surface area contributed by atoms with Crippen molar-refractivity contribution in [1.29, 1.82) is 0 Å². The molecule has 0 aromatic heterocycles. The van der Waals surface area contributed by atoms with Gasteiger partial charge in [-0.1, -0.05) is 84.6 Å². The lowest BCUT2D eigenvalue weighted by Gasteiger charge is -2.28. The fourth-order valence-electron chi connectivity index (χ4n) is 4.37. The molecular weight excluding hydrogens is 556 g/mol. The Labute approximate surface area is 259 Å². The predicted octanol–water partition coefficient (Wildman–Crippen LogP) is 6.83. The number of carbonyl (C=O) groups excluding carboxylic acids is 4. The molecule has 0 aliphatic carbocycles. The summed E-state index contributed by atoms with van der Waals surface area (Å²) in [6, 6.07) is 0. The molecule has 0 rings (SSSR count). The molecule has 250 valence electrons. The van der Waals surface area contributed by atoms with Crippen molar-refractivity contribution in [3.63, 3.8) is 0 Å². The molecule has 0 N–H and O–H groups in total. The topological polar surface area (TPSA) is 124 Å². The normalized spacial score (nSPS) is 13.0. The summed E-state index contributed by atoms with van der Waals surface area (Å²) in [6.45, 7) is 11.8. The van der Waals surface area contributed by atoms with Gasteiger partial charge in [-0.2, -0.15) is 0 Å². The minimum Gasteiger partial charge on any atom is -0.465 e. The zero-order chi connectivity index (χ0) is 32.2. The van der Waals surface area contributed by atoms with Crippen LogP contribution in [-0.2, 0) is 47.9 Å². The highest BCUT2D eigenvalue weighted by molar-refractivity contribution is 5.78. The lowest BCUT2D eigenvalue weighted by Crippen LogP contribution is -2.34. The summed E-state index contributed by atoms with van der Waals surface area (Å²) in [7, 11) is 0. The number of ether oxygens (including phenoxy) is 4. The highest BCUT2D eigenvalue weighted by Gasteiger charge is 2.36. The van der Waals surface area contributed by atoms with Crippen molar-refractivity contribution < 1.29 is 47.9 Å². The summed E-state index contributed by atoms with van der Waals surface area (Å²) in [5, 5.41) is 0. The van der Waals surface area contributed by atoms with Gasteiger partial charge in [0, 0.05) is 12.8 Å². The number of unbranched alkanes of at least 4 members (excludes halogenated alkanes) is 9. The zero-order valence-corrected chi connectivity index (χ0v) is 27.3. The van der Waals surface area contributed by atoms with Crippen molar-refractivity contribution in [2.75, 3.05) is 39.6 Å². The Balaban J connectivity index is 4.02. The van der Waals surface area contributed by atoms with Crippen LogP contribution in [0.1, 0.15) is 124 Å². The Morgan fingerprint density at radius 1 is 0.674 bits per heavy atom. The summed E-state index contributed by atoms with van der Waals surface area (Å²) in [5.41, 5.74) is -0.781. The monoisotopic (exact) mass is 614 g/mol. The van der Waals surface area contributed by atoms with Crippen molar-refractivity contribution in [2.24, 2.45) is 11.3 Å². The summed E-state index contributed by atoms with van der Waals surface area (Å²) < 4.78 is 20.8. The van der Waals surface area contributed by atoms with Crippen molar-refractivity contribution >= 4 is 23.9 Å². The van der Waals surface area contributed by atoms with Gasteiger partial charge in [-0.05, 0) is 32.6 Å². The predicted molar refractivity (Wildman–Crippen MR) is 164 cm³/mol. The summed E-state index contributed by atoms with van der Waals surface area (Å²) in [6.07, 6.45) is 14.9. The third kappa shape index (κ3) is 22.7. The van der Waals surface area contributed by atoms with Gasteiger partial charge in [0.2, 0.25) is 0 Å². The van der Waals surface area contributed by atoms with Gasteiger partial charge >= 0.3 is 23.9 Å². The Morgan fingerprint density at radius 3 is 1.77 bits per heavy atom. The maximum absolute atomic E-state index is 12.8. The first-order chi connectivity index (χ1) is 20.7. The van der Waals surface area contributed by atoms with E-state index in [-0.39, 0.29) is 58.3 Å².